The van der Waals surface area contributed by atoms with Crippen molar-refractivity contribution in [3.63, 3.8) is 0 Å². The van der Waals surface area contributed by atoms with Crippen LogP contribution in [-0.2, 0) is 11.2 Å². The number of halogens is 3. The van der Waals surface area contributed by atoms with E-state index in [0.29, 0.717) is 29.4 Å². The molecule has 0 saturated heterocycles. The summed E-state index contributed by atoms with van der Waals surface area (Å²) in [6.07, 6.45) is 2.27. The number of alkyl carbamates (subject to hydrolysis) is 1. The third kappa shape index (κ3) is 5.26. The highest BCUT2D eigenvalue weighted by Crippen LogP contribution is 2.56. The van der Waals surface area contributed by atoms with Gasteiger partial charge in [-0.05, 0) is 62.6 Å². The fraction of sp³-hybridized carbons (Fsp3) is 0.444. The first kappa shape index (κ1) is 26.9. The minimum absolute atomic E-state index is 0.154. The number of fused-ring (bicyclic) bond motifs is 5. The van der Waals surface area contributed by atoms with Crippen LogP contribution in [0.4, 0.5) is 4.79 Å². The maximum absolute atomic E-state index is 12.0. The zero-order valence-electron chi connectivity index (χ0n) is 21.5. The highest BCUT2D eigenvalue weighted by atomic mass is 35.6. The molecule has 1 unspecified atom stereocenters. The van der Waals surface area contributed by atoms with E-state index in [1.54, 1.807) is 27.9 Å². The van der Waals surface area contributed by atoms with Gasteiger partial charge < -0.3 is 33.9 Å². The van der Waals surface area contributed by atoms with Gasteiger partial charge in [0.2, 0.25) is 10.6 Å². The minimum atomic E-state index is -1.69. The Balaban J connectivity index is 1.50. The molecule has 1 amide bonds. The molecule has 204 valence electrons. The lowest BCUT2D eigenvalue weighted by Crippen LogP contribution is -2.41. The van der Waals surface area contributed by atoms with Crippen molar-refractivity contribution < 1.29 is 28.5 Å². The molecule has 0 aromatic heterocycles. The molecule has 1 N–H and O–H groups in total. The Bertz CT molecular complexity index is 1290. The van der Waals surface area contributed by atoms with Crippen molar-refractivity contribution in [2.24, 2.45) is 0 Å². The van der Waals surface area contributed by atoms with Gasteiger partial charge in [0.1, 0.15) is 18.2 Å². The predicted octanol–water partition coefficient (Wildman–Crippen LogP) is 6.11. The highest BCUT2D eigenvalue weighted by molar-refractivity contribution is 6.68. The number of carbonyl (C=O) groups excluding carboxylic acids is 1. The molecule has 2 aromatic carbocycles. The molecule has 0 saturated carbocycles. The van der Waals surface area contributed by atoms with Crippen LogP contribution >= 0.6 is 34.8 Å². The second-order valence-electron chi connectivity index (χ2n) is 10.2. The fourth-order valence-corrected chi connectivity index (χ4v) is 5.63. The van der Waals surface area contributed by atoms with Gasteiger partial charge in [-0.3, -0.25) is 0 Å². The topological polar surface area (TPSA) is 78.5 Å². The lowest BCUT2D eigenvalue weighted by atomic mass is 9.86. The summed E-state index contributed by atoms with van der Waals surface area (Å²) < 4.78 is 26.6. The Morgan fingerprint density at radius 1 is 1.16 bits per heavy atom. The van der Waals surface area contributed by atoms with Gasteiger partial charge in [0, 0.05) is 23.4 Å². The van der Waals surface area contributed by atoms with Crippen LogP contribution in [-0.4, -0.2) is 54.0 Å². The van der Waals surface area contributed by atoms with Crippen LogP contribution in [0.1, 0.15) is 49.1 Å². The van der Waals surface area contributed by atoms with Crippen LogP contribution in [0.5, 0.6) is 23.0 Å². The monoisotopic (exact) mass is 582 g/mol. The first-order valence-electron chi connectivity index (χ1n) is 12.2. The second kappa shape index (κ2) is 10.1. The van der Waals surface area contributed by atoms with Crippen molar-refractivity contribution in [1.29, 1.82) is 0 Å². The molecule has 1 atom stereocenters. The number of hydrogen-bond donors (Lipinski definition) is 1. The number of alkyl halides is 3. The molecule has 38 heavy (non-hydrogen) atoms. The normalized spacial score (nSPS) is 17.6. The Morgan fingerprint density at radius 2 is 1.89 bits per heavy atom. The number of amides is 1. The van der Waals surface area contributed by atoms with Crippen LogP contribution in [0.25, 0.3) is 11.8 Å². The summed E-state index contributed by atoms with van der Waals surface area (Å²) in [5, 5.41) is 2.70. The maximum Gasteiger partial charge on any atom is 0.407 e. The van der Waals surface area contributed by atoms with Crippen LogP contribution in [0.3, 0.4) is 0 Å². The van der Waals surface area contributed by atoms with Crippen molar-refractivity contribution in [3.05, 3.63) is 46.5 Å². The third-order valence-corrected chi connectivity index (χ3v) is 7.04. The van der Waals surface area contributed by atoms with Gasteiger partial charge in [-0.2, -0.15) is 0 Å². The summed E-state index contributed by atoms with van der Waals surface area (Å²) >= 11 is 20.0. The minimum Gasteiger partial charge on any atom is -0.493 e. The molecular formula is C27H29Cl3N2O6. The SMILES string of the molecule is COc1ccc2c(c1OCCNC(=O)OC(C)(C)C)C(C(Cl)(Cl)Cl)N1CCc3cc4c(cc3C1=C2)OCO4. The van der Waals surface area contributed by atoms with Crippen LogP contribution in [0.15, 0.2) is 24.3 Å². The van der Waals surface area contributed by atoms with Crippen molar-refractivity contribution in [3.8, 4) is 23.0 Å². The highest BCUT2D eigenvalue weighted by Gasteiger charge is 2.46. The number of methoxy groups -OCH3 is 1. The maximum atomic E-state index is 12.0. The number of rotatable bonds is 5. The van der Waals surface area contributed by atoms with Crippen molar-refractivity contribution >= 4 is 52.7 Å². The van der Waals surface area contributed by atoms with E-state index in [-0.39, 0.29) is 19.9 Å². The van der Waals surface area contributed by atoms with Gasteiger partial charge >= 0.3 is 6.09 Å². The summed E-state index contributed by atoms with van der Waals surface area (Å²) in [5.74, 6) is 2.39. The zero-order valence-corrected chi connectivity index (χ0v) is 23.8. The van der Waals surface area contributed by atoms with Gasteiger partial charge in [0.25, 0.3) is 0 Å². The predicted molar refractivity (Wildman–Crippen MR) is 147 cm³/mol. The number of hydrogen-bond acceptors (Lipinski definition) is 7. The summed E-state index contributed by atoms with van der Waals surface area (Å²) in [4.78, 5) is 14.1. The molecule has 0 radical (unpaired) electrons. The Morgan fingerprint density at radius 3 is 2.58 bits per heavy atom. The lowest BCUT2D eigenvalue weighted by Gasteiger charge is -2.45. The molecular weight excluding hydrogens is 555 g/mol. The Hall–Kier alpha value is -2.68. The second-order valence-corrected chi connectivity index (χ2v) is 12.5. The van der Waals surface area contributed by atoms with Crippen molar-refractivity contribution in [2.75, 3.05) is 33.6 Å². The average Bonchev–Trinajstić information content (AvgIpc) is 3.29. The van der Waals surface area contributed by atoms with E-state index in [9.17, 15) is 4.79 Å². The molecule has 0 fully saturated rings. The molecule has 8 nitrogen and oxygen atoms in total. The van der Waals surface area contributed by atoms with E-state index < -0.39 is 21.5 Å². The van der Waals surface area contributed by atoms with E-state index in [4.69, 9.17) is 58.5 Å². The van der Waals surface area contributed by atoms with Crippen LogP contribution in [0.2, 0.25) is 0 Å². The summed E-state index contributed by atoms with van der Waals surface area (Å²) in [5.41, 5.74) is 4.02. The quantitative estimate of drug-likeness (QED) is 0.336. The van der Waals surface area contributed by atoms with E-state index >= 15 is 0 Å². The number of benzene rings is 2. The lowest BCUT2D eigenvalue weighted by molar-refractivity contribution is 0.0520. The van der Waals surface area contributed by atoms with Crippen molar-refractivity contribution in [1.82, 2.24) is 10.2 Å². The molecule has 3 aliphatic heterocycles. The van der Waals surface area contributed by atoms with Crippen LogP contribution in [0, 0.1) is 0 Å². The van der Waals surface area contributed by atoms with Gasteiger partial charge in [0.05, 0.1) is 13.7 Å². The zero-order chi connectivity index (χ0) is 27.2. The number of nitrogens with zero attached hydrogens (tertiary/aromatic N) is 1. The fourth-order valence-electron chi connectivity index (χ4n) is 4.95. The molecule has 5 rings (SSSR count). The Kier molecular flexibility index (Phi) is 7.18. The number of ether oxygens (including phenoxy) is 5. The summed E-state index contributed by atoms with van der Waals surface area (Å²) in [6.45, 7) is 6.59. The molecule has 2 aromatic rings. The Labute approximate surface area is 236 Å². The molecule has 3 aliphatic rings. The molecule has 3 heterocycles. The largest absolute Gasteiger partial charge is 0.493 e. The van der Waals surface area contributed by atoms with E-state index in [1.165, 1.54) is 0 Å². The standard InChI is InChI=1S/C27H29Cl3N2O6/c1-26(2,3)38-25(33)31-8-10-35-23-19(34-4)6-5-16-11-18-17-13-21-20(36-14-37-21)12-15(17)7-9-32(18)24(22(16)23)27(28,29)30/h5-6,11-13,24H,7-10,14H2,1-4H3,(H,31,33). The molecule has 11 heteroatoms. The van der Waals surface area contributed by atoms with Gasteiger partial charge in [-0.25, -0.2) is 4.79 Å². The molecule has 0 bridgehead atoms. The van der Waals surface area contributed by atoms with Crippen molar-refractivity contribution in [2.45, 2.75) is 42.6 Å². The number of nitrogens with one attached hydrogen (secondary N) is 1. The van der Waals surface area contributed by atoms with E-state index in [1.807, 2.05) is 24.3 Å². The molecule has 0 spiro atoms. The average molecular weight is 584 g/mol. The van der Waals surface area contributed by atoms with Gasteiger partial charge in [0.15, 0.2) is 23.0 Å². The van der Waals surface area contributed by atoms with Crippen LogP contribution < -0.4 is 24.3 Å². The van der Waals surface area contributed by atoms with E-state index in [0.717, 1.165) is 34.6 Å². The number of carbonyl (C=O) groups is 1. The first-order chi connectivity index (χ1) is 18.0. The summed E-state index contributed by atoms with van der Waals surface area (Å²) in [6, 6.07) is 7.09. The van der Waals surface area contributed by atoms with Gasteiger partial charge in [-0.15, -0.1) is 0 Å². The first-order valence-corrected chi connectivity index (χ1v) is 13.4. The third-order valence-electron chi connectivity index (χ3n) is 6.42. The summed E-state index contributed by atoms with van der Waals surface area (Å²) in [7, 11) is 1.56. The van der Waals surface area contributed by atoms with E-state index in [2.05, 4.69) is 16.3 Å². The molecule has 0 aliphatic carbocycles. The van der Waals surface area contributed by atoms with Gasteiger partial charge in [-0.1, -0.05) is 40.9 Å². The smallest absolute Gasteiger partial charge is 0.407 e.